The van der Waals surface area contributed by atoms with Gasteiger partial charge in [-0.3, -0.25) is 14.5 Å². The normalized spacial score (nSPS) is 15.2. The van der Waals surface area contributed by atoms with Gasteiger partial charge in [0.15, 0.2) is 6.61 Å². The molecule has 1 atom stereocenters. The summed E-state index contributed by atoms with van der Waals surface area (Å²) in [7, 11) is 0. The Morgan fingerprint density at radius 2 is 2.29 bits per heavy atom. The van der Waals surface area contributed by atoms with E-state index < -0.39 is 0 Å². The highest BCUT2D eigenvalue weighted by atomic mass is 79.9. The highest BCUT2D eigenvalue weighted by molar-refractivity contribution is 9.10. The molecule has 5 nitrogen and oxygen atoms in total. The second kappa shape index (κ2) is 6.93. The Balaban J connectivity index is 2.09. The number of halogens is 1. The van der Waals surface area contributed by atoms with Crippen LogP contribution in [0.3, 0.4) is 0 Å². The third-order valence-corrected chi connectivity index (χ3v) is 3.79. The lowest BCUT2D eigenvalue weighted by Crippen LogP contribution is -2.46. The number of benzene rings is 1. The third kappa shape index (κ3) is 3.97. The van der Waals surface area contributed by atoms with Gasteiger partial charge in [0.25, 0.3) is 5.91 Å². The van der Waals surface area contributed by atoms with Crippen LogP contribution >= 0.6 is 15.9 Å². The average molecular weight is 355 g/mol. The van der Waals surface area contributed by atoms with E-state index in [2.05, 4.69) is 28.2 Å². The Bertz CT molecular complexity index is 548. The van der Waals surface area contributed by atoms with E-state index in [1.54, 1.807) is 12.1 Å². The van der Waals surface area contributed by atoms with Crippen molar-refractivity contribution >= 4 is 33.4 Å². The number of hydrogen-bond donors (Lipinski definition) is 1. The van der Waals surface area contributed by atoms with Gasteiger partial charge in [0.05, 0.1) is 5.69 Å². The molecule has 0 radical (unpaired) electrons. The number of nitrogens with zero attached hydrogens (tertiary/aromatic N) is 1. The number of hydrogen-bond acceptors (Lipinski definition) is 3. The molecule has 1 aromatic carbocycles. The zero-order valence-electron chi connectivity index (χ0n) is 12.2. The molecule has 1 aromatic rings. The van der Waals surface area contributed by atoms with Gasteiger partial charge < -0.3 is 10.1 Å². The van der Waals surface area contributed by atoms with Crippen LogP contribution in [0.1, 0.15) is 26.7 Å². The first-order valence-corrected chi connectivity index (χ1v) is 7.82. The molecule has 2 amide bonds. The Morgan fingerprint density at radius 1 is 1.52 bits per heavy atom. The van der Waals surface area contributed by atoms with Gasteiger partial charge >= 0.3 is 0 Å². The number of ether oxygens (including phenoxy) is 1. The summed E-state index contributed by atoms with van der Waals surface area (Å²) in [5.74, 6) is 0.251. The quantitative estimate of drug-likeness (QED) is 0.883. The number of anilines is 1. The van der Waals surface area contributed by atoms with Crippen LogP contribution in [-0.4, -0.2) is 31.0 Å². The first kappa shape index (κ1) is 15.8. The Kier molecular flexibility index (Phi) is 5.22. The van der Waals surface area contributed by atoms with Crippen molar-refractivity contribution in [3.8, 4) is 5.75 Å². The summed E-state index contributed by atoms with van der Waals surface area (Å²) in [4.78, 5) is 25.5. The molecule has 0 fully saturated rings. The molecule has 21 heavy (non-hydrogen) atoms. The van der Waals surface area contributed by atoms with Gasteiger partial charge in [0, 0.05) is 10.5 Å². The highest BCUT2D eigenvalue weighted by Gasteiger charge is 2.27. The van der Waals surface area contributed by atoms with Crippen LogP contribution in [0, 0.1) is 0 Å². The molecule has 0 spiro atoms. The third-order valence-electron chi connectivity index (χ3n) is 3.30. The molecule has 1 unspecified atom stereocenters. The van der Waals surface area contributed by atoms with Crippen molar-refractivity contribution in [3.05, 3.63) is 22.7 Å². The average Bonchev–Trinajstić information content (AvgIpc) is 2.42. The molecular formula is C15H19BrN2O3. The van der Waals surface area contributed by atoms with Crippen LogP contribution in [0.25, 0.3) is 0 Å². The van der Waals surface area contributed by atoms with E-state index in [0.29, 0.717) is 11.4 Å². The van der Waals surface area contributed by atoms with Crippen molar-refractivity contribution in [1.82, 2.24) is 5.32 Å². The van der Waals surface area contributed by atoms with E-state index in [4.69, 9.17) is 4.74 Å². The van der Waals surface area contributed by atoms with Crippen molar-refractivity contribution in [2.75, 3.05) is 18.1 Å². The fraction of sp³-hybridized carbons (Fsp3) is 0.467. The molecule has 1 aliphatic heterocycles. The van der Waals surface area contributed by atoms with Gasteiger partial charge in [-0.05, 0) is 31.5 Å². The monoisotopic (exact) mass is 354 g/mol. The molecule has 1 heterocycles. The zero-order chi connectivity index (χ0) is 15.4. The van der Waals surface area contributed by atoms with E-state index in [9.17, 15) is 9.59 Å². The van der Waals surface area contributed by atoms with E-state index >= 15 is 0 Å². The topological polar surface area (TPSA) is 58.6 Å². The number of carbonyl (C=O) groups excluding carboxylic acids is 2. The van der Waals surface area contributed by atoms with Gasteiger partial charge in [0.1, 0.15) is 12.3 Å². The molecule has 6 heteroatoms. The van der Waals surface area contributed by atoms with Crippen molar-refractivity contribution in [2.45, 2.75) is 32.7 Å². The maximum absolute atomic E-state index is 12.1. The summed E-state index contributed by atoms with van der Waals surface area (Å²) in [6.07, 6.45) is 1.93. The summed E-state index contributed by atoms with van der Waals surface area (Å²) >= 11 is 3.36. The van der Waals surface area contributed by atoms with Crippen molar-refractivity contribution in [3.63, 3.8) is 0 Å². The zero-order valence-corrected chi connectivity index (χ0v) is 13.8. The fourth-order valence-electron chi connectivity index (χ4n) is 2.32. The van der Waals surface area contributed by atoms with E-state index in [1.807, 2.05) is 13.0 Å². The smallest absolute Gasteiger partial charge is 0.265 e. The molecule has 1 aliphatic rings. The van der Waals surface area contributed by atoms with Crippen molar-refractivity contribution in [2.24, 2.45) is 0 Å². The second-order valence-electron chi connectivity index (χ2n) is 5.14. The summed E-state index contributed by atoms with van der Waals surface area (Å²) in [6, 6.07) is 5.51. The molecule has 0 bridgehead atoms. The van der Waals surface area contributed by atoms with Crippen LogP contribution < -0.4 is 15.0 Å². The predicted molar refractivity (Wildman–Crippen MR) is 84.5 cm³/mol. The van der Waals surface area contributed by atoms with Crippen molar-refractivity contribution < 1.29 is 14.3 Å². The molecule has 0 saturated carbocycles. The van der Waals surface area contributed by atoms with Gasteiger partial charge in [-0.15, -0.1) is 0 Å². The number of carbonyl (C=O) groups is 2. The lowest BCUT2D eigenvalue weighted by Gasteiger charge is -2.29. The maximum atomic E-state index is 12.1. The number of rotatable bonds is 5. The highest BCUT2D eigenvalue weighted by Crippen LogP contribution is 2.34. The first-order chi connectivity index (χ1) is 10.0. The summed E-state index contributed by atoms with van der Waals surface area (Å²) < 4.78 is 6.27. The largest absolute Gasteiger partial charge is 0.482 e. The number of nitrogens with one attached hydrogen (secondary N) is 1. The fourth-order valence-corrected chi connectivity index (χ4v) is 2.66. The molecular weight excluding hydrogens is 336 g/mol. The maximum Gasteiger partial charge on any atom is 0.265 e. The van der Waals surface area contributed by atoms with E-state index in [1.165, 1.54) is 4.90 Å². The minimum absolute atomic E-state index is 0.0187. The molecule has 0 aromatic heterocycles. The Morgan fingerprint density at radius 3 is 3.00 bits per heavy atom. The lowest BCUT2D eigenvalue weighted by molar-refractivity contribution is -0.125. The molecule has 0 saturated heterocycles. The molecule has 2 rings (SSSR count). The van der Waals surface area contributed by atoms with Gasteiger partial charge in [-0.1, -0.05) is 29.3 Å². The SMILES string of the molecule is CCCC(C)NC(=O)CN1C(=O)COc2cc(Br)ccc21. The van der Waals surface area contributed by atoms with Crippen LogP contribution in [-0.2, 0) is 9.59 Å². The van der Waals surface area contributed by atoms with Gasteiger partial charge in [-0.2, -0.15) is 0 Å². The van der Waals surface area contributed by atoms with Crippen LogP contribution in [0.5, 0.6) is 5.75 Å². The van der Waals surface area contributed by atoms with E-state index in [0.717, 1.165) is 17.3 Å². The van der Waals surface area contributed by atoms with E-state index in [-0.39, 0.29) is 31.0 Å². The molecule has 114 valence electrons. The summed E-state index contributed by atoms with van der Waals surface area (Å²) in [6.45, 7) is 4.02. The van der Waals surface area contributed by atoms with Crippen molar-refractivity contribution in [1.29, 1.82) is 0 Å². The predicted octanol–water partition coefficient (Wildman–Crippen LogP) is 2.48. The van der Waals surface area contributed by atoms with Crippen LogP contribution in [0.2, 0.25) is 0 Å². The summed E-state index contributed by atoms with van der Waals surface area (Å²) in [5, 5.41) is 2.91. The minimum atomic E-state index is -0.205. The molecule has 0 aliphatic carbocycles. The van der Waals surface area contributed by atoms with Crippen LogP contribution in [0.4, 0.5) is 5.69 Å². The first-order valence-electron chi connectivity index (χ1n) is 7.03. The summed E-state index contributed by atoms with van der Waals surface area (Å²) in [5.41, 5.74) is 0.632. The lowest BCUT2D eigenvalue weighted by atomic mass is 10.2. The Hall–Kier alpha value is -1.56. The van der Waals surface area contributed by atoms with Gasteiger partial charge in [-0.25, -0.2) is 0 Å². The second-order valence-corrected chi connectivity index (χ2v) is 6.05. The number of fused-ring (bicyclic) bond motifs is 1. The molecule has 1 N–H and O–H groups in total. The number of amides is 2. The standard InChI is InChI=1S/C15H19BrN2O3/c1-3-4-10(2)17-14(19)8-18-12-6-5-11(16)7-13(12)21-9-15(18)20/h5-7,10H,3-4,8-9H2,1-2H3,(H,17,19). The van der Waals surface area contributed by atoms with Gasteiger partial charge in [0.2, 0.25) is 5.91 Å². The Labute approximate surface area is 132 Å². The minimum Gasteiger partial charge on any atom is -0.482 e. The van der Waals surface area contributed by atoms with Crippen LogP contribution in [0.15, 0.2) is 22.7 Å².